The number of benzene rings is 2. The van der Waals surface area contributed by atoms with Crippen molar-refractivity contribution in [3.8, 4) is 11.5 Å². The van der Waals surface area contributed by atoms with Crippen LogP contribution in [0.25, 0.3) is 0 Å². The number of hydrogen-bond acceptors (Lipinski definition) is 5. The minimum atomic E-state index is -2.56. The van der Waals surface area contributed by atoms with Crippen molar-refractivity contribution < 1.29 is 37.3 Å². The number of nitrogens with one attached hydrogen (secondary N) is 2. The van der Waals surface area contributed by atoms with Gasteiger partial charge < -0.3 is 25.2 Å². The number of amides is 1. The Morgan fingerprint density at radius 3 is 2.35 bits per heavy atom. The third kappa shape index (κ3) is 6.06. The van der Waals surface area contributed by atoms with Gasteiger partial charge >= 0.3 is 5.97 Å². The molecule has 3 aliphatic rings. The number of aliphatic carboxylic acids is 1. The van der Waals surface area contributed by atoms with E-state index in [4.69, 9.17) is 9.47 Å². The molecule has 3 saturated carbocycles. The first kappa shape index (κ1) is 28.3. The molecular weight excluding hydrogens is 525 g/mol. The Labute approximate surface area is 231 Å². The van der Waals surface area contributed by atoms with Gasteiger partial charge in [0.1, 0.15) is 5.75 Å². The number of alkyl halides is 2. The number of carboxylic acid groups (broad SMARTS) is 1. The highest BCUT2D eigenvalue weighted by atomic mass is 19.3. The highest BCUT2D eigenvalue weighted by Crippen LogP contribution is 2.49. The van der Waals surface area contributed by atoms with Gasteiger partial charge in [0.05, 0.1) is 25.0 Å². The molecule has 3 aliphatic carbocycles. The summed E-state index contributed by atoms with van der Waals surface area (Å²) in [6.45, 7) is 0.340. The molecule has 3 N–H and O–H groups in total. The molecule has 0 aliphatic heterocycles. The second kappa shape index (κ2) is 12.1. The van der Waals surface area contributed by atoms with Gasteiger partial charge in [-0.05, 0) is 75.0 Å². The summed E-state index contributed by atoms with van der Waals surface area (Å²) in [4.78, 5) is 24.6. The van der Waals surface area contributed by atoms with Crippen LogP contribution in [0, 0.1) is 29.5 Å². The molecule has 3 fully saturated rings. The van der Waals surface area contributed by atoms with E-state index in [1.807, 2.05) is 0 Å². The van der Waals surface area contributed by atoms with E-state index in [9.17, 15) is 27.9 Å². The average Bonchev–Trinajstić information content (AvgIpc) is 3.56. The van der Waals surface area contributed by atoms with Gasteiger partial charge in [-0.25, -0.2) is 13.2 Å². The van der Waals surface area contributed by atoms with E-state index >= 15 is 0 Å². The lowest BCUT2D eigenvalue weighted by atomic mass is 9.83. The molecule has 0 saturated heterocycles. The zero-order valence-electron chi connectivity index (χ0n) is 22.4. The van der Waals surface area contributed by atoms with Gasteiger partial charge in [0.15, 0.2) is 11.6 Å². The van der Waals surface area contributed by atoms with Crippen LogP contribution in [0.2, 0.25) is 0 Å². The average molecular weight is 561 g/mol. The van der Waals surface area contributed by atoms with Gasteiger partial charge in [-0.2, -0.15) is 0 Å². The van der Waals surface area contributed by atoms with Crippen molar-refractivity contribution in [1.29, 1.82) is 0 Å². The predicted octanol–water partition coefficient (Wildman–Crippen LogP) is 5.94. The smallest absolute Gasteiger partial charge is 0.306 e. The van der Waals surface area contributed by atoms with E-state index in [1.54, 1.807) is 6.07 Å². The Morgan fingerprint density at radius 1 is 1.00 bits per heavy atom. The number of rotatable bonds is 10. The van der Waals surface area contributed by atoms with Gasteiger partial charge in [-0.1, -0.05) is 12.1 Å². The lowest BCUT2D eigenvalue weighted by molar-refractivity contribution is -0.143. The lowest BCUT2D eigenvalue weighted by Crippen LogP contribution is -2.45. The summed E-state index contributed by atoms with van der Waals surface area (Å²) in [5, 5.41) is 15.7. The fraction of sp³-hybridized carbons (Fsp3) is 0.533. The van der Waals surface area contributed by atoms with Crippen molar-refractivity contribution in [2.24, 2.45) is 23.7 Å². The molecule has 0 spiro atoms. The summed E-state index contributed by atoms with van der Waals surface area (Å²) >= 11 is 0. The van der Waals surface area contributed by atoms with E-state index in [0.717, 1.165) is 19.3 Å². The normalized spacial score (nSPS) is 27.5. The molecular formula is C30H35F3N2O5. The monoisotopic (exact) mass is 560 g/mol. The van der Waals surface area contributed by atoms with Gasteiger partial charge in [-0.15, -0.1) is 0 Å². The number of carbonyl (C=O) groups excluding carboxylic acids is 1. The van der Waals surface area contributed by atoms with Crippen LogP contribution in [0.1, 0.15) is 62.5 Å². The largest absolute Gasteiger partial charge is 0.496 e. The van der Waals surface area contributed by atoms with E-state index < -0.39 is 18.2 Å². The maximum Gasteiger partial charge on any atom is 0.306 e. The molecule has 0 unspecified atom stereocenters. The summed E-state index contributed by atoms with van der Waals surface area (Å²) < 4.78 is 52.0. The lowest BCUT2D eigenvalue weighted by Gasteiger charge is -2.31. The summed E-state index contributed by atoms with van der Waals surface area (Å²) in [5.41, 5.74) is 1.08. The third-order valence-electron chi connectivity index (χ3n) is 8.83. The number of fused-ring (bicyclic) bond motifs is 2. The first-order valence-corrected chi connectivity index (χ1v) is 13.9. The molecule has 0 heterocycles. The SMILES string of the molecule is COc1cc(F)c(O[C@H]2CC[C@@H](C(=O)O)CC2)cc1CN[C@@H]1[C@H]2CC[C@H](C2)[C@@H]1C(=O)Nc1ccc(C(F)F)cc1. The Hall–Kier alpha value is -3.27. The second-order valence-corrected chi connectivity index (χ2v) is 11.2. The van der Waals surface area contributed by atoms with E-state index in [2.05, 4.69) is 10.6 Å². The van der Waals surface area contributed by atoms with Crippen LogP contribution in [0.3, 0.4) is 0 Å². The van der Waals surface area contributed by atoms with Gasteiger partial charge in [0.2, 0.25) is 5.91 Å². The van der Waals surface area contributed by atoms with Crippen molar-refractivity contribution in [2.75, 3.05) is 12.4 Å². The van der Waals surface area contributed by atoms with Crippen LogP contribution in [0.15, 0.2) is 36.4 Å². The highest BCUT2D eigenvalue weighted by Gasteiger charge is 2.50. The van der Waals surface area contributed by atoms with Crippen molar-refractivity contribution >= 4 is 17.6 Å². The van der Waals surface area contributed by atoms with Crippen LogP contribution in [-0.4, -0.2) is 36.2 Å². The number of ether oxygens (including phenoxy) is 2. The predicted molar refractivity (Wildman–Crippen MR) is 142 cm³/mol. The van der Waals surface area contributed by atoms with Crippen LogP contribution >= 0.6 is 0 Å². The molecule has 4 atom stereocenters. The molecule has 7 nitrogen and oxygen atoms in total. The Bertz CT molecular complexity index is 1220. The fourth-order valence-corrected chi connectivity index (χ4v) is 6.73. The maximum absolute atomic E-state index is 14.9. The number of carbonyl (C=O) groups is 2. The van der Waals surface area contributed by atoms with E-state index in [1.165, 1.54) is 37.4 Å². The molecule has 40 heavy (non-hydrogen) atoms. The van der Waals surface area contributed by atoms with Crippen LogP contribution < -0.4 is 20.1 Å². The van der Waals surface area contributed by atoms with Gasteiger partial charge in [0.25, 0.3) is 6.43 Å². The summed E-state index contributed by atoms with van der Waals surface area (Å²) in [5.74, 6) is -1.12. The molecule has 0 radical (unpaired) electrons. The quantitative estimate of drug-likeness (QED) is 0.333. The minimum absolute atomic E-state index is 0.0930. The first-order chi connectivity index (χ1) is 19.2. The van der Waals surface area contributed by atoms with Crippen molar-refractivity contribution in [1.82, 2.24) is 5.32 Å². The number of methoxy groups -OCH3 is 1. The van der Waals surface area contributed by atoms with Gasteiger partial charge in [0, 0.05) is 35.5 Å². The fourth-order valence-electron chi connectivity index (χ4n) is 6.73. The minimum Gasteiger partial charge on any atom is -0.496 e. The van der Waals surface area contributed by atoms with E-state index in [0.29, 0.717) is 55.1 Å². The molecule has 5 rings (SSSR count). The molecule has 1 amide bonds. The summed E-state index contributed by atoms with van der Waals surface area (Å²) in [6, 6.07) is 8.44. The van der Waals surface area contributed by atoms with Crippen molar-refractivity contribution in [3.63, 3.8) is 0 Å². The zero-order valence-corrected chi connectivity index (χ0v) is 22.4. The van der Waals surface area contributed by atoms with Crippen LogP contribution in [0.5, 0.6) is 11.5 Å². The van der Waals surface area contributed by atoms with Crippen molar-refractivity contribution in [3.05, 3.63) is 53.3 Å². The molecule has 216 valence electrons. The Balaban J connectivity index is 1.25. The van der Waals surface area contributed by atoms with Crippen LogP contribution in [0.4, 0.5) is 18.9 Å². The molecule has 0 aromatic heterocycles. The molecule has 10 heteroatoms. The number of carboxylic acids is 1. The second-order valence-electron chi connectivity index (χ2n) is 11.2. The number of halogens is 3. The number of hydrogen-bond donors (Lipinski definition) is 3. The maximum atomic E-state index is 14.9. The van der Waals surface area contributed by atoms with E-state index in [-0.39, 0.29) is 47.1 Å². The Morgan fingerprint density at radius 2 is 1.70 bits per heavy atom. The Kier molecular flexibility index (Phi) is 8.54. The summed E-state index contributed by atoms with van der Waals surface area (Å²) in [7, 11) is 1.47. The summed E-state index contributed by atoms with van der Waals surface area (Å²) in [6.07, 6.45) is 2.18. The topological polar surface area (TPSA) is 96.9 Å². The highest BCUT2D eigenvalue weighted by molar-refractivity contribution is 5.93. The molecule has 2 aromatic rings. The number of anilines is 1. The van der Waals surface area contributed by atoms with Crippen LogP contribution in [-0.2, 0) is 16.1 Å². The molecule has 2 aromatic carbocycles. The van der Waals surface area contributed by atoms with Crippen molar-refractivity contribution in [2.45, 2.75) is 70.1 Å². The zero-order chi connectivity index (χ0) is 28.4. The van der Waals surface area contributed by atoms with Gasteiger partial charge in [-0.3, -0.25) is 9.59 Å². The standard InChI is InChI=1S/C30H35F3N2O5/c1-39-24-14-23(31)25(40-22-10-6-17(7-11-22)30(37)38)13-20(24)15-34-27-19-3-2-18(12-19)26(27)29(36)35-21-8-4-16(5-9-21)28(32)33/h4-5,8-9,13-14,17-19,22,26-28,34H,2-3,6-7,10-12,15H2,1H3,(H,35,36)(H,37,38)/t17-,18-,19+,22+,26+,27-/m1/s1. The first-order valence-electron chi connectivity index (χ1n) is 13.9. The molecule has 2 bridgehead atoms. The third-order valence-corrected chi connectivity index (χ3v) is 8.83.